The molecule has 3 rings (SSSR count). The van der Waals surface area contributed by atoms with Crippen LogP contribution in [0.3, 0.4) is 0 Å². The lowest BCUT2D eigenvalue weighted by molar-refractivity contribution is -0.138. The number of carbonyl (C=O) groups excluding carboxylic acids is 1. The molecule has 1 amide bonds. The number of rotatable bonds is 6. The second kappa shape index (κ2) is 8.16. The van der Waals surface area contributed by atoms with Crippen molar-refractivity contribution in [3.8, 4) is 17.4 Å². The van der Waals surface area contributed by atoms with E-state index in [9.17, 15) is 14.7 Å². The molecule has 28 heavy (non-hydrogen) atoms. The molecule has 1 aromatic carbocycles. The van der Waals surface area contributed by atoms with E-state index in [1.165, 1.54) is 20.4 Å². The molecule has 0 saturated heterocycles. The highest BCUT2D eigenvalue weighted by Crippen LogP contribution is 2.40. The van der Waals surface area contributed by atoms with E-state index in [4.69, 9.17) is 14.2 Å². The fraction of sp³-hybridized carbons (Fsp3) is 0.350. The number of ether oxygens (including phenoxy) is 3. The van der Waals surface area contributed by atoms with Crippen molar-refractivity contribution in [2.75, 3.05) is 27.9 Å². The summed E-state index contributed by atoms with van der Waals surface area (Å²) < 4.78 is 15.9. The Morgan fingerprint density at radius 1 is 1.18 bits per heavy atom. The number of aliphatic carboxylic acids is 1. The summed E-state index contributed by atoms with van der Waals surface area (Å²) in [6.45, 7) is 0.372. The topological polar surface area (TPSA) is 98.2 Å². The van der Waals surface area contributed by atoms with Crippen LogP contribution in [0, 0.1) is 0 Å². The van der Waals surface area contributed by atoms with Crippen LogP contribution in [0.4, 0.5) is 0 Å². The van der Waals surface area contributed by atoms with Gasteiger partial charge in [0.1, 0.15) is 5.56 Å². The molecule has 1 aromatic heterocycles. The van der Waals surface area contributed by atoms with Gasteiger partial charge in [-0.1, -0.05) is 0 Å². The Hall–Kier alpha value is -3.29. The average molecular weight is 386 g/mol. The van der Waals surface area contributed by atoms with E-state index < -0.39 is 12.0 Å². The van der Waals surface area contributed by atoms with Gasteiger partial charge in [-0.15, -0.1) is 0 Å². The van der Waals surface area contributed by atoms with Crippen LogP contribution in [-0.4, -0.2) is 54.7 Å². The third kappa shape index (κ3) is 3.58. The summed E-state index contributed by atoms with van der Waals surface area (Å²) in [5.41, 5.74) is 1.97. The van der Waals surface area contributed by atoms with Crippen LogP contribution in [-0.2, 0) is 11.2 Å². The molecular formula is C20H22N2O6. The van der Waals surface area contributed by atoms with Crippen molar-refractivity contribution >= 4 is 11.9 Å². The molecule has 0 spiro atoms. The highest BCUT2D eigenvalue weighted by atomic mass is 16.5. The molecule has 8 heteroatoms. The second-order valence-electron chi connectivity index (χ2n) is 6.33. The molecule has 0 aliphatic carbocycles. The fourth-order valence-corrected chi connectivity index (χ4v) is 3.53. The Balaban J connectivity index is 2.06. The van der Waals surface area contributed by atoms with Crippen LogP contribution < -0.4 is 14.2 Å². The summed E-state index contributed by atoms with van der Waals surface area (Å²) in [6, 6.07) is 6.22. The Morgan fingerprint density at radius 3 is 2.54 bits per heavy atom. The number of fused-ring (bicyclic) bond motifs is 1. The van der Waals surface area contributed by atoms with E-state index in [0.717, 1.165) is 11.1 Å². The highest BCUT2D eigenvalue weighted by molar-refractivity contribution is 5.97. The van der Waals surface area contributed by atoms with Gasteiger partial charge in [0.2, 0.25) is 5.88 Å². The normalized spacial score (nSPS) is 15.5. The lowest BCUT2D eigenvalue weighted by Gasteiger charge is -2.37. The zero-order valence-electron chi connectivity index (χ0n) is 16.0. The molecule has 0 fully saturated rings. The lowest BCUT2D eigenvalue weighted by atomic mass is 9.89. The maximum Gasteiger partial charge on any atom is 0.305 e. The van der Waals surface area contributed by atoms with Crippen molar-refractivity contribution in [2.45, 2.75) is 18.9 Å². The monoisotopic (exact) mass is 386 g/mol. The van der Waals surface area contributed by atoms with Crippen LogP contribution in [0.2, 0.25) is 0 Å². The Morgan fingerprint density at radius 2 is 1.89 bits per heavy atom. The van der Waals surface area contributed by atoms with Gasteiger partial charge in [-0.05, 0) is 41.8 Å². The molecule has 0 radical (unpaired) electrons. The van der Waals surface area contributed by atoms with Crippen molar-refractivity contribution < 1.29 is 28.9 Å². The molecule has 1 aliphatic rings. The van der Waals surface area contributed by atoms with Crippen molar-refractivity contribution in [3.05, 3.63) is 47.2 Å². The Bertz CT molecular complexity index is 898. The van der Waals surface area contributed by atoms with Crippen molar-refractivity contribution in [2.24, 2.45) is 0 Å². The van der Waals surface area contributed by atoms with E-state index in [2.05, 4.69) is 4.98 Å². The first kappa shape index (κ1) is 19.5. The zero-order chi connectivity index (χ0) is 20.3. The van der Waals surface area contributed by atoms with Gasteiger partial charge in [0.15, 0.2) is 11.5 Å². The van der Waals surface area contributed by atoms with Gasteiger partial charge in [0.05, 0.1) is 33.8 Å². The zero-order valence-corrected chi connectivity index (χ0v) is 16.0. The first-order valence-corrected chi connectivity index (χ1v) is 8.76. The Labute approximate surface area is 162 Å². The number of nitrogens with zero attached hydrogens (tertiary/aromatic N) is 2. The molecule has 1 N–H and O–H groups in total. The molecule has 148 valence electrons. The maximum atomic E-state index is 13.2. The number of carboxylic acid groups (broad SMARTS) is 1. The minimum absolute atomic E-state index is 0.208. The van der Waals surface area contributed by atoms with Gasteiger partial charge < -0.3 is 24.2 Å². The summed E-state index contributed by atoms with van der Waals surface area (Å²) in [6.07, 6.45) is 1.88. The molecule has 0 saturated carbocycles. The summed E-state index contributed by atoms with van der Waals surface area (Å²) in [5, 5.41) is 9.46. The summed E-state index contributed by atoms with van der Waals surface area (Å²) in [5.74, 6) is -0.0474. The maximum absolute atomic E-state index is 13.2. The van der Waals surface area contributed by atoms with E-state index >= 15 is 0 Å². The summed E-state index contributed by atoms with van der Waals surface area (Å²) >= 11 is 0. The van der Waals surface area contributed by atoms with Crippen LogP contribution in [0.25, 0.3) is 0 Å². The van der Waals surface area contributed by atoms with Gasteiger partial charge in [0.25, 0.3) is 5.91 Å². The first-order chi connectivity index (χ1) is 13.5. The highest BCUT2D eigenvalue weighted by Gasteiger charge is 2.35. The van der Waals surface area contributed by atoms with Crippen molar-refractivity contribution in [1.29, 1.82) is 0 Å². The molecule has 1 unspecified atom stereocenters. The van der Waals surface area contributed by atoms with Gasteiger partial charge >= 0.3 is 5.97 Å². The van der Waals surface area contributed by atoms with Crippen LogP contribution in [0.15, 0.2) is 30.5 Å². The smallest absolute Gasteiger partial charge is 0.305 e. The predicted octanol–water partition coefficient (Wildman–Crippen LogP) is 2.32. The minimum Gasteiger partial charge on any atom is -0.493 e. The largest absolute Gasteiger partial charge is 0.493 e. The fourth-order valence-electron chi connectivity index (χ4n) is 3.53. The standard InChI is InChI=1S/C20H22N2O6/c1-26-16-9-12-6-8-22(20(25)13-5-4-7-21-19(13)28-3)15(11-18(23)24)14(12)10-17(16)27-2/h4-5,7,9-10,15H,6,8,11H2,1-3H3,(H,23,24). The molecule has 1 aliphatic heterocycles. The van der Waals surface area contributed by atoms with Gasteiger partial charge in [-0.3, -0.25) is 9.59 Å². The summed E-state index contributed by atoms with van der Waals surface area (Å²) in [7, 11) is 4.51. The van der Waals surface area contributed by atoms with E-state index in [0.29, 0.717) is 30.0 Å². The molecule has 2 aromatic rings. The third-order valence-corrected chi connectivity index (χ3v) is 4.83. The van der Waals surface area contributed by atoms with Crippen LogP contribution in [0.5, 0.6) is 17.4 Å². The predicted molar refractivity (Wildman–Crippen MR) is 100 cm³/mol. The molecular weight excluding hydrogens is 364 g/mol. The van der Waals surface area contributed by atoms with Crippen LogP contribution >= 0.6 is 0 Å². The molecule has 8 nitrogen and oxygen atoms in total. The number of methoxy groups -OCH3 is 3. The molecule has 2 heterocycles. The number of pyridine rings is 1. The third-order valence-electron chi connectivity index (χ3n) is 4.83. The Kier molecular flexibility index (Phi) is 5.67. The van der Waals surface area contributed by atoms with Crippen LogP contribution in [0.1, 0.15) is 33.9 Å². The molecule has 1 atom stereocenters. The lowest BCUT2D eigenvalue weighted by Crippen LogP contribution is -2.41. The van der Waals surface area contributed by atoms with Crippen molar-refractivity contribution in [3.63, 3.8) is 0 Å². The van der Waals surface area contributed by atoms with E-state index in [1.807, 2.05) is 6.07 Å². The number of carbonyl (C=O) groups is 2. The van der Waals surface area contributed by atoms with Crippen molar-refractivity contribution in [1.82, 2.24) is 9.88 Å². The number of hydrogen-bond acceptors (Lipinski definition) is 6. The van der Waals surface area contributed by atoms with Gasteiger partial charge in [0, 0.05) is 12.7 Å². The summed E-state index contributed by atoms with van der Waals surface area (Å²) in [4.78, 5) is 30.4. The van der Waals surface area contributed by atoms with E-state index in [1.54, 1.807) is 30.2 Å². The number of benzene rings is 1. The second-order valence-corrected chi connectivity index (χ2v) is 6.33. The SMILES string of the molecule is COc1cc2c(cc1OC)C(CC(=O)O)N(C(=O)c1cccnc1OC)CC2. The first-order valence-electron chi connectivity index (χ1n) is 8.76. The quantitative estimate of drug-likeness (QED) is 0.813. The number of aromatic nitrogens is 1. The molecule has 0 bridgehead atoms. The number of carboxylic acids is 1. The van der Waals surface area contributed by atoms with Gasteiger partial charge in [-0.25, -0.2) is 4.98 Å². The van der Waals surface area contributed by atoms with Gasteiger partial charge in [-0.2, -0.15) is 0 Å². The average Bonchev–Trinajstić information content (AvgIpc) is 2.72. The minimum atomic E-state index is -0.997. The number of amides is 1. The van der Waals surface area contributed by atoms with E-state index in [-0.39, 0.29) is 18.2 Å². The number of hydrogen-bond donors (Lipinski definition) is 1.